The van der Waals surface area contributed by atoms with Crippen molar-refractivity contribution in [2.75, 3.05) is 22.1 Å². The molecule has 0 bridgehead atoms. The highest BCUT2D eigenvalue weighted by atomic mass is 16.5. The zero-order valence-electron chi connectivity index (χ0n) is 23.8. The summed E-state index contributed by atoms with van der Waals surface area (Å²) in [5.41, 5.74) is 2.52. The van der Waals surface area contributed by atoms with Crippen LogP contribution < -0.4 is 20.9 Å². The largest absolute Gasteiger partial charge is 0.367 e. The molecule has 0 aromatic carbocycles. The number of aryl methyl sites for hydroxylation is 1. The number of piperidine rings is 1. The van der Waals surface area contributed by atoms with Gasteiger partial charge in [-0.1, -0.05) is 11.2 Å². The topological polar surface area (TPSA) is 133 Å². The number of pyridine rings is 1. The fourth-order valence-electron chi connectivity index (χ4n) is 6.33. The number of rotatable bonds is 7. The van der Waals surface area contributed by atoms with Gasteiger partial charge in [0.15, 0.2) is 11.6 Å². The first-order valence-electron chi connectivity index (χ1n) is 14.0. The molecule has 11 heteroatoms. The molecule has 0 saturated carbocycles. The Morgan fingerprint density at radius 1 is 0.975 bits per heavy atom. The van der Waals surface area contributed by atoms with Gasteiger partial charge in [0.2, 0.25) is 5.95 Å². The van der Waals surface area contributed by atoms with Crippen LogP contribution in [-0.2, 0) is 0 Å². The Morgan fingerprint density at radius 2 is 1.77 bits per heavy atom. The van der Waals surface area contributed by atoms with E-state index in [0.717, 1.165) is 60.9 Å². The SMILES string of the molecule is Cc1cc(Nc2cc(NC3CC(C)(C)NC(C)(C)C3)nc(N3CCCC3c3cc(-c4ccccn4)no3)n2)n[nH]1. The molecule has 2 aliphatic heterocycles. The fraction of sp³-hybridized carbons (Fsp3) is 0.483. The Bertz CT molecular complexity index is 1440. The van der Waals surface area contributed by atoms with Crippen molar-refractivity contribution in [1.82, 2.24) is 35.6 Å². The second kappa shape index (κ2) is 10.2. The van der Waals surface area contributed by atoms with E-state index in [1.54, 1.807) is 6.20 Å². The average molecular weight is 543 g/mol. The molecule has 2 aliphatic rings. The molecular weight excluding hydrogens is 504 g/mol. The number of aromatic nitrogens is 6. The Labute approximate surface area is 234 Å². The van der Waals surface area contributed by atoms with Crippen LogP contribution in [0.1, 0.15) is 70.9 Å². The third-order valence-corrected chi connectivity index (χ3v) is 7.51. The Kier molecular flexibility index (Phi) is 6.69. The molecule has 210 valence electrons. The van der Waals surface area contributed by atoms with Gasteiger partial charge in [0, 0.05) is 53.8 Å². The maximum Gasteiger partial charge on any atom is 0.229 e. The number of aromatic amines is 1. The lowest BCUT2D eigenvalue weighted by atomic mass is 9.79. The van der Waals surface area contributed by atoms with Crippen molar-refractivity contribution in [3.05, 3.63) is 54.0 Å². The number of hydrogen-bond donors (Lipinski definition) is 4. The van der Waals surface area contributed by atoms with Crippen LogP contribution in [0.3, 0.4) is 0 Å². The number of nitrogens with one attached hydrogen (secondary N) is 4. The molecule has 4 aromatic rings. The fourth-order valence-corrected chi connectivity index (χ4v) is 6.33. The smallest absolute Gasteiger partial charge is 0.229 e. The van der Waals surface area contributed by atoms with Gasteiger partial charge in [0.25, 0.3) is 0 Å². The molecule has 1 atom stereocenters. The van der Waals surface area contributed by atoms with Crippen LogP contribution in [0.5, 0.6) is 0 Å². The molecule has 0 spiro atoms. The summed E-state index contributed by atoms with van der Waals surface area (Å²) in [5, 5.41) is 22.5. The molecule has 4 aromatic heterocycles. The van der Waals surface area contributed by atoms with Gasteiger partial charge in [0.1, 0.15) is 17.3 Å². The summed E-state index contributed by atoms with van der Waals surface area (Å²) >= 11 is 0. The third-order valence-electron chi connectivity index (χ3n) is 7.51. The van der Waals surface area contributed by atoms with Crippen molar-refractivity contribution in [3.63, 3.8) is 0 Å². The highest BCUT2D eigenvalue weighted by molar-refractivity contribution is 5.60. The summed E-state index contributed by atoms with van der Waals surface area (Å²) in [5.74, 6) is 3.62. The van der Waals surface area contributed by atoms with Gasteiger partial charge < -0.3 is 25.4 Å². The third kappa shape index (κ3) is 5.79. The van der Waals surface area contributed by atoms with E-state index in [2.05, 4.69) is 68.9 Å². The molecule has 2 fully saturated rings. The molecular formula is C29H38N10O. The highest BCUT2D eigenvalue weighted by Gasteiger charge is 2.38. The van der Waals surface area contributed by atoms with E-state index in [4.69, 9.17) is 14.5 Å². The minimum absolute atomic E-state index is 0.0145. The van der Waals surface area contributed by atoms with E-state index >= 15 is 0 Å². The summed E-state index contributed by atoms with van der Waals surface area (Å²) in [6.45, 7) is 11.8. The minimum Gasteiger partial charge on any atom is -0.367 e. The van der Waals surface area contributed by atoms with Crippen LogP contribution >= 0.6 is 0 Å². The van der Waals surface area contributed by atoms with Gasteiger partial charge in [-0.25, -0.2) is 0 Å². The van der Waals surface area contributed by atoms with Crippen LogP contribution in [0.25, 0.3) is 11.4 Å². The lowest BCUT2D eigenvalue weighted by molar-refractivity contribution is 0.170. The predicted octanol–water partition coefficient (Wildman–Crippen LogP) is 5.36. The van der Waals surface area contributed by atoms with E-state index in [1.165, 1.54) is 0 Å². The van der Waals surface area contributed by atoms with Crippen molar-refractivity contribution in [3.8, 4) is 11.4 Å². The van der Waals surface area contributed by atoms with Crippen LogP contribution in [0.2, 0.25) is 0 Å². The Hall–Kier alpha value is -3.99. The Balaban J connectivity index is 1.31. The Morgan fingerprint density at radius 3 is 2.50 bits per heavy atom. The zero-order valence-corrected chi connectivity index (χ0v) is 23.8. The first-order valence-corrected chi connectivity index (χ1v) is 14.0. The van der Waals surface area contributed by atoms with Crippen molar-refractivity contribution < 1.29 is 4.52 Å². The molecule has 2 saturated heterocycles. The normalized spacial score (nSPS) is 20.5. The number of anilines is 4. The van der Waals surface area contributed by atoms with Gasteiger partial charge in [-0.05, 0) is 72.4 Å². The second-order valence-electron chi connectivity index (χ2n) is 12.3. The molecule has 6 rings (SSSR count). The molecule has 0 radical (unpaired) electrons. The zero-order chi connectivity index (χ0) is 27.9. The van der Waals surface area contributed by atoms with Crippen molar-refractivity contribution >= 4 is 23.4 Å². The van der Waals surface area contributed by atoms with Gasteiger partial charge in [-0.2, -0.15) is 15.1 Å². The highest BCUT2D eigenvalue weighted by Crippen LogP contribution is 2.37. The van der Waals surface area contributed by atoms with E-state index in [0.29, 0.717) is 17.6 Å². The van der Waals surface area contributed by atoms with Crippen LogP contribution in [0.4, 0.5) is 23.4 Å². The van der Waals surface area contributed by atoms with E-state index < -0.39 is 0 Å². The first-order chi connectivity index (χ1) is 19.1. The van der Waals surface area contributed by atoms with Crippen LogP contribution in [0.15, 0.2) is 47.1 Å². The molecule has 40 heavy (non-hydrogen) atoms. The van der Waals surface area contributed by atoms with Crippen molar-refractivity contribution in [2.45, 2.75) is 83.5 Å². The van der Waals surface area contributed by atoms with Gasteiger partial charge in [0.05, 0.1) is 11.7 Å². The lowest BCUT2D eigenvalue weighted by Crippen LogP contribution is -2.60. The number of hydrogen-bond acceptors (Lipinski definition) is 10. The summed E-state index contributed by atoms with van der Waals surface area (Å²) in [6, 6.07) is 11.9. The van der Waals surface area contributed by atoms with Crippen LogP contribution in [0, 0.1) is 6.92 Å². The molecule has 6 heterocycles. The first kappa shape index (κ1) is 26.2. The second-order valence-corrected chi connectivity index (χ2v) is 12.3. The molecule has 0 amide bonds. The summed E-state index contributed by atoms with van der Waals surface area (Å²) in [7, 11) is 0. The molecule has 4 N–H and O–H groups in total. The maximum atomic E-state index is 5.84. The standard InChI is InChI=1S/C29H38N10O/c1-18-13-26(36-35-18)32-25-15-24(31-19-16-28(2,3)38-29(4,5)17-19)33-27(34-25)39-12-8-10-22(39)23-14-21(37-40-23)20-9-6-7-11-30-20/h6-7,9,11,13-15,19,22,38H,8,10,12,16-17H2,1-5H3,(H3,31,32,33,34,35,36). The summed E-state index contributed by atoms with van der Waals surface area (Å²) < 4.78 is 5.84. The van der Waals surface area contributed by atoms with Crippen molar-refractivity contribution in [2.24, 2.45) is 0 Å². The lowest BCUT2D eigenvalue weighted by Gasteiger charge is -2.46. The summed E-state index contributed by atoms with van der Waals surface area (Å²) in [6.07, 6.45) is 5.66. The van der Waals surface area contributed by atoms with Crippen LogP contribution in [-0.4, -0.2) is 54.0 Å². The predicted molar refractivity (Wildman–Crippen MR) is 156 cm³/mol. The van der Waals surface area contributed by atoms with Gasteiger partial charge >= 0.3 is 0 Å². The quantitative estimate of drug-likeness (QED) is 0.242. The number of H-pyrrole nitrogens is 1. The van der Waals surface area contributed by atoms with E-state index in [1.807, 2.05) is 43.3 Å². The molecule has 11 nitrogen and oxygen atoms in total. The van der Waals surface area contributed by atoms with Gasteiger partial charge in [-0.15, -0.1) is 0 Å². The van der Waals surface area contributed by atoms with E-state index in [9.17, 15) is 0 Å². The van der Waals surface area contributed by atoms with Gasteiger partial charge in [-0.3, -0.25) is 10.1 Å². The summed E-state index contributed by atoms with van der Waals surface area (Å²) in [4.78, 5) is 16.6. The molecule has 1 unspecified atom stereocenters. The molecule has 0 aliphatic carbocycles. The number of nitrogens with zero attached hydrogens (tertiary/aromatic N) is 6. The minimum atomic E-state index is -0.0163. The monoisotopic (exact) mass is 542 g/mol. The van der Waals surface area contributed by atoms with E-state index in [-0.39, 0.29) is 23.2 Å². The maximum absolute atomic E-state index is 5.84. The average Bonchev–Trinajstić information content (AvgIpc) is 3.63. The van der Waals surface area contributed by atoms with Crippen molar-refractivity contribution in [1.29, 1.82) is 0 Å².